The van der Waals surface area contributed by atoms with Crippen LogP contribution in [-0.2, 0) is 16.1 Å². The molecule has 1 N–H and O–H groups in total. The van der Waals surface area contributed by atoms with E-state index in [1.54, 1.807) is 0 Å². The molecule has 1 aliphatic rings. The second kappa shape index (κ2) is 5.12. The van der Waals surface area contributed by atoms with E-state index in [1.165, 1.54) is 12.8 Å². The van der Waals surface area contributed by atoms with E-state index in [4.69, 9.17) is 4.74 Å². The summed E-state index contributed by atoms with van der Waals surface area (Å²) in [6.45, 7) is 2.72. The van der Waals surface area contributed by atoms with Gasteiger partial charge in [0.2, 0.25) is 0 Å². The average Bonchev–Trinajstić information content (AvgIpc) is 3.09. The molecule has 86 valence electrons. The molecule has 0 unspecified atom stereocenters. The van der Waals surface area contributed by atoms with Crippen LogP contribution in [0.1, 0.15) is 24.0 Å². The van der Waals surface area contributed by atoms with Crippen LogP contribution in [0.5, 0.6) is 0 Å². The van der Waals surface area contributed by atoms with Crippen LogP contribution >= 0.6 is 0 Å². The van der Waals surface area contributed by atoms with Gasteiger partial charge in [-0.1, -0.05) is 24.3 Å². The molecule has 0 atom stereocenters. The van der Waals surface area contributed by atoms with Crippen LogP contribution in [0.2, 0.25) is 0 Å². The molecule has 0 spiro atoms. The summed E-state index contributed by atoms with van der Waals surface area (Å²) in [5.41, 5.74) is 2.23. The highest BCUT2D eigenvalue weighted by atomic mass is 16.5. The summed E-state index contributed by atoms with van der Waals surface area (Å²) in [5, 5.41) is 3.13. The van der Waals surface area contributed by atoms with Gasteiger partial charge in [0.25, 0.3) is 0 Å². The van der Waals surface area contributed by atoms with Gasteiger partial charge in [-0.15, -0.1) is 0 Å². The Labute approximate surface area is 95.8 Å². The van der Waals surface area contributed by atoms with Gasteiger partial charge in [0, 0.05) is 6.04 Å². The molecule has 1 saturated carbocycles. The zero-order valence-electron chi connectivity index (χ0n) is 9.53. The maximum Gasteiger partial charge on any atom is 0.320 e. The third-order valence-electron chi connectivity index (χ3n) is 2.76. The van der Waals surface area contributed by atoms with Crippen LogP contribution in [0, 0.1) is 6.92 Å². The summed E-state index contributed by atoms with van der Waals surface area (Å²) in [5.74, 6) is -0.171. The largest absolute Gasteiger partial charge is 0.460 e. The third-order valence-corrected chi connectivity index (χ3v) is 2.76. The highest BCUT2D eigenvalue weighted by molar-refractivity contribution is 5.71. The molecule has 0 saturated heterocycles. The van der Waals surface area contributed by atoms with E-state index in [9.17, 15) is 4.79 Å². The van der Waals surface area contributed by atoms with Gasteiger partial charge >= 0.3 is 5.97 Å². The number of aryl methyl sites for hydroxylation is 1. The third kappa shape index (κ3) is 3.35. The first-order valence-electron chi connectivity index (χ1n) is 5.69. The van der Waals surface area contributed by atoms with Gasteiger partial charge in [-0.3, -0.25) is 4.79 Å². The molecule has 16 heavy (non-hydrogen) atoms. The Bertz CT molecular complexity index is 372. The molecule has 1 aromatic carbocycles. The zero-order chi connectivity index (χ0) is 11.4. The standard InChI is InChI=1S/C13H17NO2/c1-10-4-2-3-5-11(10)9-16-13(15)8-14-12-6-7-12/h2-5,12,14H,6-9H2,1H3. The van der Waals surface area contributed by atoms with Gasteiger partial charge in [0.1, 0.15) is 6.61 Å². The van der Waals surface area contributed by atoms with Crippen LogP contribution in [0.4, 0.5) is 0 Å². The SMILES string of the molecule is Cc1ccccc1COC(=O)CNC1CC1. The number of ether oxygens (including phenoxy) is 1. The lowest BCUT2D eigenvalue weighted by molar-refractivity contribution is -0.143. The van der Waals surface area contributed by atoms with Crippen LogP contribution in [0.25, 0.3) is 0 Å². The van der Waals surface area contributed by atoms with Gasteiger partial charge in [-0.2, -0.15) is 0 Å². The van der Waals surface area contributed by atoms with Crippen LogP contribution in [-0.4, -0.2) is 18.6 Å². The number of hydrogen-bond acceptors (Lipinski definition) is 3. The number of nitrogens with one attached hydrogen (secondary N) is 1. The first-order valence-corrected chi connectivity index (χ1v) is 5.69. The van der Waals surface area contributed by atoms with E-state index in [-0.39, 0.29) is 5.97 Å². The molecule has 3 heteroatoms. The lowest BCUT2D eigenvalue weighted by Crippen LogP contribution is -2.26. The molecular formula is C13H17NO2. The molecule has 0 heterocycles. The maximum atomic E-state index is 11.4. The smallest absolute Gasteiger partial charge is 0.320 e. The normalized spacial score (nSPS) is 14.8. The van der Waals surface area contributed by atoms with E-state index in [0.717, 1.165) is 11.1 Å². The lowest BCUT2D eigenvalue weighted by atomic mass is 10.1. The number of carbonyl (C=O) groups excluding carboxylic acids is 1. The number of benzene rings is 1. The summed E-state index contributed by atoms with van der Waals surface area (Å²) < 4.78 is 5.19. The van der Waals surface area contributed by atoms with Crippen molar-refractivity contribution in [1.82, 2.24) is 5.32 Å². The topological polar surface area (TPSA) is 38.3 Å². The van der Waals surface area contributed by atoms with Crippen molar-refractivity contribution in [3.8, 4) is 0 Å². The zero-order valence-corrected chi connectivity index (χ0v) is 9.53. The Kier molecular flexibility index (Phi) is 3.57. The summed E-state index contributed by atoms with van der Waals surface area (Å²) in [6, 6.07) is 8.49. The Morgan fingerprint density at radius 3 is 2.88 bits per heavy atom. The van der Waals surface area contributed by atoms with Crippen molar-refractivity contribution in [2.45, 2.75) is 32.4 Å². The van der Waals surface area contributed by atoms with E-state index < -0.39 is 0 Å². The average molecular weight is 219 g/mol. The Morgan fingerprint density at radius 1 is 1.44 bits per heavy atom. The molecule has 1 aliphatic carbocycles. The van der Waals surface area contributed by atoms with Crippen LogP contribution < -0.4 is 5.32 Å². The lowest BCUT2D eigenvalue weighted by Gasteiger charge is -2.07. The fraction of sp³-hybridized carbons (Fsp3) is 0.462. The van der Waals surface area contributed by atoms with Crippen molar-refractivity contribution in [1.29, 1.82) is 0 Å². The molecule has 0 radical (unpaired) electrons. The van der Waals surface area contributed by atoms with Gasteiger partial charge < -0.3 is 10.1 Å². The predicted octanol–water partition coefficient (Wildman–Crippen LogP) is 1.79. The van der Waals surface area contributed by atoms with Gasteiger partial charge in [0.05, 0.1) is 6.54 Å². The minimum atomic E-state index is -0.171. The van der Waals surface area contributed by atoms with E-state index in [0.29, 0.717) is 19.2 Å². The van der Waals surface area contributed by atoms with Gasteiger partial charge in [0.15, 0.2) is 0 Å². The quantitative estimate of drug-likeness (QED) is 0.767. The van der Waals surface area contributed by atoms with Crippen molar-refractivity contribution in [2.24, 2.45) is 0 Å². The first-order chi connectivity index (χ1) is 7.75. The molecule has 0 aliphatic heterocycles. The van der Waals surface area contributed by atoms with Crippen molar-refractivity contribution in [3.63, 3.8) is 0 Å². The maximum absolute atomic E-state index is 11.4. The Morgan fingerprint density at radius 2 is 2.19 bits per heavy atom. The summed E-state index contributed by atoms with van der Waals surface area (Å²) in [7, 11) is 0. The Hall–Kier alpha value is -1.35. The van der Waals surface area contributed by atoms with E-state index >= 15 is 0 Å². The van der Waals surface area contributed by atoms with E-state index in [1.807, 2.05) is 31.2 Å². The van der Waals surface area contributed by atoms with Gasteiger partial charge in [-0.25, -0.2) is 0 Å². The number of esters is 1. The van der Waals surface area contributed by atoms with Crippen molar-refractivity contribution >= 4 is 5.97 Å². The van der Waals surface area contributed by atoms with Crippen molar-refractivity contribution in [3.05, 3.63) is 35.4 Å². The molecule has 2 rings (SSSR count). The molecular weight excluding hydrogens is 202 g/mol. The highest BCUT2D eigenvalue weighted by Crippen LogP contribution is 2.18. The number of hydrogen-bond donors (Lipinski definition) is 1. The fourth-order valence-electron chi connectivity index (χ4n) is 1.50. The highest BCUT2D eigenvalue weighted by Gasteiger charge is 2.21. The second-order valence-corrected chi connectivity index (χ2v) is 4.24. The number of rotatable bonds is 5. The van der Waals surface area contributed by atoms with Crippen molar-refractivity contribution < 1.29 is 9.53 Å². The fourth-order valence-corrected chi connectivity index (χ4v) is 1.50. The molecule has 0 aromatic heterocycles. The second-order valence-electron chi connectivity index (χ2n) is 4.24. The molecule has 0 amide bonds. The van der Waals surface area contributed by atoms with Gasteiger partial charge in [-0.05, 0) is 30.9 Å². The minimum absolute atomic E-state index is 0.171. The summed E-state index contributed by atoms with van der Waals surface area (Å²) in [4.78, 5) is 11.4. The molecule has 3 nitrogen and oxygen atoms in total. The molecule has 1 aromatic rings. The number of carbonyl (C=O) groups is 1. The molecule has 0 bridgehead atoms. The monoisotopic (exact) mass is 219 g/mol. The first kappa shape index (κ1) is 11.1. The molecule has 1 fully saturated rings. The minimum Gasteiger partial charge on any atom is -0.460 e. The van der Waals surface area contributed by atoms with Crippen molar-refractivity contribution in [2.75, 3.05) is 6.54 Å². The van der Waals surface area contributed by atoms with E-state index in [2.05, 4.69) is 5.32 Å². The summed E-state index contributed by atoms with van der Waals surface area (Å²) in [6.07, 6.45) is 2.37. The Balaban J connectivity index is 1.73. The van der Waals surface area contributed by atoms with Crippen LogP contribution in [0.15, 0.2) is 24.3 Å². The summed E-state index contributed by atoms with van der Waals surface area (Å²) >= 11 is 0. The van der Waals surface area contributed by atoms with Crippen LogP contribution in [0.3, 0.4) is 0 Å². The predicted molar refractivity (Wildman–Crippen MR) is 62.0 cm³/mol.